The number of halogens is 5. The number of aromatic hydroxyl groups is 1. The van der Waals surface area contributed by atoms with Crippen LogP contribution in [0.1, 0.15) is 11.6 Å². The van der Waals surface area contributed by atoms with Crippen LogP contribution in [0.3, 0.4) is 0 Å². The van der Waals surface area contributed by atoms with Crippen molar-refractivity contribution in [3.05, 3.63) is 23.8 Å². The molecule has 1 aliphatic heterocycles. The molecule has 1 aliphatic rings. The molecule has 128 valence electrons. The van der Waals surface area contributed by atoms with Crippen LogP contribution in [0, 0.1) is 0 Å². The summed E-state index contributed by atoms with van der Waals surface area (Å²) >= 11 is 0. The van der Waals surface area contributed by atoms with Gasteiger partial charge in [-0.2, -0.15) is 13.2 Å². The fraction of sp³-hybridized carbons (Fsp3) is 0.538. The normalized spacial score (nSPS) is 17.1. The molecule has 1 aromatic carbocycles. The summed E-state index contributed by atoms with van der Waals surface area (Å²) in [5.41, 5.74) is -0.168. The number of nitrogens with one attached hydrogen (secondary N) is 1. The second-order valence-corrected chi connectivity index (χ2v) is 4.65. The summed E-state index contributed by atoms with van der Waals surface area (Å²) in [6.45, 7) is 1.55. The summed E-state index contributed by atoms with van der Waals surface area (Å²) in [6.07, 6.45) is -4.46. The highest BCUT2D eigenvalue weighted by molar-refractivity contribution is 5.85. The van der Waals surface area contributed by atoms with Crippen molar-refractivity contribution in [1.82, 2.24) is 10.2 Å². The number of piperazine rings is 1. The van der Waals surface area contributed by atoms with Crippen molar-refractivity contribution < 1.29 is 23.0 Å². The van der Waals surface area contributed by atoms with Crippen LogP contribution < -0.4 is 10.1 Å². The standard InChI is InChI=1S/C13H17F3N2O2.2ClH/c1-20-9-2-3-11(19)10(8-9)12(13(14,15)16)18-6-4-17-5-7-18;;/h2-3,8,12,17,19H,4-7H2,1H3;2*1H/t12-;;/m0../s1. The molecule has 2 rings (SSSR count). The summed E-state index contributed by atoms with van der Waals surface area (Å²) in [5.74, 6) is -0.0751. The molecule has 0 unspecified atom stereocenters. The Labute approximate surface area is 139 Å². The van der Waals surface area contributed by atoms with Gasteiger partial charge in [0.05, 0.1) is 7.11 Å². The van der Waals surface area contributed by atoms with E-state index in [0.29, 0.717) is 18.8 Å². The van der Waals surface area contributed by atoms with Crippen LogP contribution in [-0.4, -0.2) is 49.5 Å². The molecule has 0 bridgehead atoms. The molecule has 2 N–H and O–H groups in total. The van der Waals surface area contributed by atoms with Crippen molar-refractivity contribution in [1.29, 1.82) is 0 Å². The van der Waals surface area contributed by atoms with Gasteiger partial charge in [-0.3, -0.25) is 4.90 Å². The third kappa shape index (κ3) is 4.81. The van der Waals surface area contributed by atoms with Gasteiger partial charge < -0.3 is 15.2 Å². The number of methoxy groups -OCH3 is 1. The average molecular weight is 363 g/mol. The summed E-state index contributed by atoms with van der Waals surface area (Å²) in [7, 11) is 1.38. The first-order valence-corrected chi connectivity index (χ1v) is 6.32. The molecule has 4 nitrogen and oxygen atoms in total. The van der Waals surface area contributed by atoms with Gasteiger partial charge in [-0.05, 0) is 18.2 Å². The highest BCUT2D eigenvalue weighted by Gasteiger charge is 2.46. The Balaban J connectivity index is 0.00000220. The fourth-order valence-corrected chi connectivity index (χ4v) is 2.40. The maximum atomic E-state index is 13.4. The lowest BCUT2D eigenvalue weighted by atomic mass is 10.0. The molecule has 1 fully saturated rings. The maximum absolute atomic E-state index is 13.4. The van der Waals surface area contributed by atoms with E-state index in [2.05, 4.69) is 5.32 Å². The smallest absolute Gasteiger partial charge is 0.408 e. The predicted molar refractivity (Wildman–Crippen MR) is 82.4 cm³/mol. The molecule has 1 atom stereocenters. The number of nitrogens with zero attached hydrogens (tertiary/aromatic N) is 1. The van der Waals surface area contributed by atoms with E-state index in [9.17, 15) is 18.3 Å². The summed E-state index contributed by atoms with van der Waals surface area (Å²) in [4.78, 5) is 1.32. The van der Waals surface area contributed by atoms with E-state index in [0.717, 1.165) is 0 Å². The highest BCUT2D eigenvalue weighted by Crippen LogP contribution is 2.42. The first-order valence-electron chi connectivity index (χ1n) is 6.32. The van der Waals surface area contributed by atoms with Crippen LogP contribution in [0.15, 0.2) is 18.2 Å². The molecular weight excluding hydrogens is 344 g/mol. The number of ether oxygens (including phenoxy) is 1. The van der Waals surface area contributed by atoms with Crippen molar-refractivity contribution >= 4 is 24.8 Å². The van der Waals surface area contributed by atoms with Gasteiger partial charge in [0.1, 0.15) is 17.5 Å². The van der Waals surface area contributed by atoms with E-state index in [1.165, 1.54) is 30.2 Å². The molecule has 0 radical (unpaired) electrons. The average Bonchev–Trinajstić information content (AvgIpc) is 2.41. The van der Waals surface area contributed by atoms with Crippen molar-refractivity contribution in [2.24, 2.45) is 0 Å². The van der Waals surface area contributed by atoms with Gasteiger partial charge in [-0.15, -0.1) is 24.8 Å². The van der Waals surface area contributed by atoms with Crippen LogP contribution in [0.5, 0.6) is 11.5 Å². The van der Waals surface area contributed by atoms with Crippen LogP contribution in [-0.2, 0) is 0 Å². The Morgan fingerprint density at radius 2 is 1.82 bits per heavy atom. The van der Waals surface area contributed by atoms with E-state index in [-0.39, 0.29) is 49.2 Å². The van der Waals surface area contributed by atoms with Crippen LogP contribution >= 0.6 is 24.8 Å². The largest absolute Gasteiger partial charge is 0.508 e. The van der Waals surface area contributed by atoms with Crippen molar-refractivity contribution in [2.75, 3.05) is 33.3 Å². The lowest BCUT2D eigenvalue weighted by Gasteiger charge is -2.36. The molecule has 0 spiro atoms. The molecule has 1 saturated heterocycles. The Hall–Kier alpha value is -0.890. The Morgan fingerprint density at radius 3 is 2.32 bits per heavy atom. The summed E-state index contributed by atoms with van der Waals surface area (Å²) < 4.78 is 45.1. The monoisotopic (exact) mass is 362 g/mol. The first kappa shape index (κ1) is 21.1. The predicted octanol–water partition coefficient (Wildman–Crippen LogP) is 2.75. The number of benzene rings is 1. The minimum absolute atomic E-state index is 0. The van der Waals surface area contributed by atoms with Crippen molar-refractivity contribution in [2.45, 2.75) is 12.2 Å². The van der Waals surface area contributed by atoms with Crippen molar-refractivity contribution in [3.8, 4) is 11.5 Å². The number of phenolic OH excluding ortho intramolecular Hbond substituents is 1. The lowest BCUT2D eigenvalue weighted by Crippen LogP contribution is -2.49. The van der Waals surface area contributed by atoms with E-state index in [4.69, 9.17) is 4.74 Å². The quantitative estimate of drug-likeness (QED) is 0.867. The van der Waals surface area contributed by atoms with Gasteiger partial charge in [0.25, 0.3) is 0 Å². The van der Waals surface area contributed by atoms with Crippen LogP contribution in [0.4, 0.5) is 13.2 Å². The molecule has 22 heavy (non-hydrogen) atoms. The minimum Gasteiger partial charge on any atom is -0.508 e. The van der Waals surface area contributed by atoms with E-state index < -0.39 is 12.2 Å². The molecule has 9 heteroatoms. The molecule has 0 aliphatic carbocycles. The van der Waals surface area contributed by atoms with Gasteiger partial charge in [-0.25, -0.2) is 0 Å². The van der Waals surface area contributed by atoms with E-state index in [1.807, 2.05) is 0 Å². The van der Waals surface area contributed by atoms with Gasteiger partial charge in [0.15, 0.2) is 0 Å². The third-order valence-electron chi connectivity index (χ3n) is 3.36. The fourth-order valence-electron chi connectivity index (χ4n) is 2.40. The summed E-state index contributed by atoms with van der Waals surface area (Å²) in [6, 6.07) is 2.09. The zero-order chi connectivity index (χ0) is 14.8. The number of rotatable bonds is 3. The van der Waals surface area contributed by atoms with E-state index in [1.54, 1.807) is 0 Å². The Bertz CT molecular complexity index is 469. The van der Waals surface area contributed by atoms with Gasteiger partial charge >= 0.3 is 6.18 Å². The van der Waals surface area contributed by atoms with Crippen molar-refractivity contribution in [3.63, 3.8) is 0 Å². The summed E-state index contributed by atoms with van der Waals surface area (Å²) in [5, 5.41) is 12.8. The number of hydrogen-bond donors (Lipinski definition) is 2. The van der Waals surface area contributed by atoms with Gasteiger partial charge in [0, 0.05) is 31.7 Å². The second kappa shape index (κ2) is 8.67. The molecule has 0 amide bonds. The SMILES string of the molecule is COc1ccc(O)c([C@H](N2CCNCC2)C(F)(F)F)c1.Cl.Cl. The van der Waals surface area contributed by atoms with Crippen LogP contribution in [0.25, 0.3) is 0 Å². The number of hydrogen-bond acceptors (Lipinski definition) is 4. The first-order chi connectivity index (χ1) is 9.43. The van der Waals surface area contributed by atoms with Gasteiger partial charge in [0.2, 0.25) is 0 Å². The van der Waals surface area contributed by atoms with Crippen LogP contribution in [0.2, 0.25) is 0 Å². The third-order valence-corrected chi connectivity index (χ3v) is 3.36. The molecule has 0 saturated carbocycles. The Morgan fingerprint density at radius 1 is 1.23 bits per heavy atom. The molecule has 0 aromatic heterocycles. The lowest BCUT2D eigenvalue weighted by molar-refractivity contribution is -0.188. The van der Waals surface area contributed by atoms with Gasteiger partial charge in [-0.1, -0.05) is 0 Å². The number of alkyl halides is 3. The topological polar surface area (TPSA) is 44.7 Å². The minimum atomic E-state index is -4.46. The van der Waals surface area contributed by atoms with E-state index >= 15 is 0 Å². The zero-order valence-electron chi connectivity index (χ0n) is 11.9. The molecule has 1 heterocycles. The maximum Gasteiger partial charge on any atom is 0.408 e. The second-order valence-electron chi connectivity index (χ2n) is 4.65. The highest BCUT2D eigenvalue weighted by atomic mass is 35.5. The molecular formula is C13H19Cl2F3N2O2. The Kier molecular flexibility index (Phi) is 8.32. The zero-order valence-corrected chi connectivity index (χ0v) is 13.5. The molecule has 1 aromatic rings. The number of phenols is 1.